The number of rotatable bonds is 14. The second-order valence-electron chi connectivity index (χ2n) is 8.27. The van der Waals surface area contributed by atoms with E-state index in [0.29, 0.717) is 43.4 Å². The van der Waals surface area contributed by atoms with Gasteiger partial charge in [0.05, 0.1) is 5.02 Å². The van der Waals surface area contributed by atoms with Gasteiger partial charge in [0.1, 0.15) is 11.8 Å². The first-order valence-corrected chi connectivity index (χ1v) is 12.6. The molecular weight excluding hydrogens is 476 g/mol. The Kier molecular flexibility index (Phi) is 11.3. The SMILES string of the molecule is CCOCCCNC(=O)C(Cc1ccccc1)N(Cc1ccccc1)C(=O)COc1ccccc1Cl. The molecule has 3 aromatic rings. The molecule has 0 heterocycles. The molecule has 0 aliphatic heterocycles. The van der Waals surface area contributed by atoms with Gasteiger partial charge < -0.3 is 19.7 Å². The fraction of sp³-hybridized carbons (Fsp3) is 0.310. The van der Waals surface area contributed by atoms with Crippen LogP contribution < -0.4 is 10.1 Å². The number of benzene rings is 3. The summed E-state index contributed by atoms with van der Waals surface area (Å²) in [4.78, 5) is 28.6. The van der Waals surface area contributed by atoms with Crippen LogP contribution >= 0.6 is 11.6 Å². The zero-order valence-electron chi connectivity index (χ0n) is 20.6. The summed E-state index contributed by atoms with van der Waals surface area (Å²) < 4.78 is 11.1. The summed E-state index contributed by atoms with van der Waals surface area (Å²) >= 11 is 6.21. The summed E-state index contributed by atoms with van der Waals surface area (Å²) in [6.45, 7) is 3.64. The Balaban J connectivity index is 1.83. The van der Waals surface area contributed by atoms with Crippen molar-refractivity contribution in [2.75, 3.05) is 26.4 Å². The molecule has 6 nitrogen and oxygen atoms in total. The van der Waals surface area contributed by atoms with Crippen LogP contribution in [-0.4, -0.2) is 49.1 Å². The maximum Gasteiger partial charge on any atom is 0.261 e. The molecule has 3 aromatic carbocycles. The number of amides is 2. The van der Waals surface area contributed by atoms with Gasteiger partial charge in [-0.25, -0.2) is 0 Å². The molecule has 0 bridgehead atoms. The standard InChI is InChI=1S/C29H33ClN2O4/c1-2-35-19-11-18-31-29(34)26(20-23-12-5-3-6-13-23)32(21-24-14-7-4-8-15-24)28(33)22-36-27-17-10-9-16-25(27)30/h3-10,12-17,26H,2,11,18-22H2,1H3,(H,31,34). The molecule has 7 heteroatoms. The third kappa shape index (κ3) is 8.70. The molecule has 0 fully saturated rings. The summed E-state index contributed by atoms with van der Waals surface area (Å²) in [6.07, 6.45) is 1.07. The normalized spacial score (nSPS) is 11.5. The molecule has 0 aliphatic rings. The monoisotopic (exact) mass is 508 g/mol. The fourth-order valence-corrected chi connectivity index (χ4v) is 3.96. The van der Waals surface area contributed by atoms with E-state index in [0.717, 1.165) is 11.1 Å². The van der Waals surface area contributed by atoms with Crippen molar-refractivity contribution in [2.24, 2.45) is 0 Å². The number of para-hydroxylation sites is 1. The molecule has 0 aliphatic carbocycles. The maximum atomic E-state index is 13.5. The highest BCUT2D eigenvalue weighted by Gasteiger charge is 2.30. The van der Waals surface area contributed by atoms with Crippen LogP contribution in [0, 0.1) is 0 Å². The Morgan fingerprint density at radius 3 is 2.22 bits per heavy atom. The van der Waals surface area contributed by atoms with Gasteiger partial charge in [-0.15, -0.1) is 0 Å². The second-order valence-corrected chi connectivity index (χ2v) is 8.68. The van der Waals surface area contributed by atoms with E-state index < -0.39 is 6.04 Å². The molecule has 2 amide bonds. The van der Waals surface area contributed by atoms with E-state index in [1.165, 1.54) is 0 Å². The third-order valence-corrected chi connectivity index (χ3v) is 5.94. The van der Waals surface area contributed by atoms with Gasteiger partial charge in [0.2, 0.25) is 5.91 Å². The summed E-state index contributed by atoms with van der Waals surface area (Å²) in [6, 6.07) is 25.6. The summed E-state index contributed by atoms with van der Waals surface area (Å²) in [5, 5.41) is 3.42. The average Bonchev–Trinajstić information content (AvgIpc) is 2.91. The van der Waals surface area contributed by atoms with Gasteiger partial charge >= 0.3 is 0 Å². The summed E-state index contributed by atoms with van der Waals surface area (Å²) in [5.41, 5.74) is 1.88. The van der Waals surface area contributed by atoms with Crippen LogP contribution in [0.2, 0.25) is 5.02 Å². The van der Waals surface area contributed by atoms with Crippen molar-refractivity contribution in [2.45, 2.75) is 32.4 Å². The molecule has 0 spiro atoms. The van der Waals surface area contributed by atoms with Crippen LogP contribution in [0.1, 0.15) is 24.5 Å². The molecule has 1 atom stereocenters. The number of carbonyl (C=O) groups excluding carboxylic acids is 2. The van der Waals surface area contributed by atoms with Crippen molar-refractivity contribution >= 4 is 23.4 Å². The predicted octanol–water partition coefficient (Wildman–Crippen LogP) is 4.90. The lowest BCUT2D eigenvalue weighted by Gasteiger charge is -2.31. The molecule has 3 rings (SSSR count). The van der Waals surface area contributed by atoms with Crippen molar-refractivity contribution in [3.05, 3.63) is 101 Å². The Bertz CT molecular complexity index is 1080. The molecule has 1 N–H and O–H groups in total. The van der Waals surface area contributed by atoms with Gasteiger partial charge in [0, 0.05) is 32.7 Å². The average molecular weight is 509 g/mol. The zero-order valence-corrected chi connectivity index (χ0v) is 21.3. The zero-order chi connectivity index (χ0) is 25.6. The van der Waals surface area contributed by atoms with Crippen molar-refractivity contribution in [3.63, 3.8) is 0 Å². The molecule has 36 heavy (non-hydrogen) atoms. The molecular formula is C29H33ClN2O4. The Morgan fingerprint density at radius 1 is 0.917 bits per heavy atom. The Hall–Kier alpha value is -3.35. The number of halogens is 1. The molecule has 0 aromatic heterocycles. The summed E-state index contributed by atoms with van der Waals surface area (Å²) in [7, 11) is 0. The second kappa shape index (κ2) is 14.9. The Labute approximate surface area is 218 Å². The number of nitrogens with one attached hydrogen (secondary N) is 1. The minimum absolute atomic E-state index is 0.211. The topological polar surface area (TPSA) is 67.9 Å². The highest BCUT2D eigenvalue weighted by molar-refractivity contribution is 6.32. The van der Waals surface area contributed by atoms with Crippen LogP contribution in [0.3, 0.4) is 0 Å². The quantitative estimate of drug-likeness (QED) is 0.314. The highest BCUT2D eigenvalue weighted by atomic mass is 35.5. The molecule has 1 unspecified atom stereocenters. The predicted molar refractivity (Wildman–Crippen MR) is 142 cm³/mol. The molecule has 0 saturated heterocycles. The van der Waals surface area contributed by atoms with Crippen molar-refractivity contribution in [1.29, 1.82) is 0 Å². The van der Waals surface area contributed by atoms with E-state index in [1.54, 1.807) is 29.2 Å². The van der Waals surface area contributed by atoms with Crippen molar-refractivity contribution in [1.82, 2.24) is 10.2 Å². The lowest BCUT2D eigenvalue weighted by Crippen LogP contribution is -2.52. The van der Waals surface area contributed by atoms with E-state index >= 15 is 0 Å². The molecule has 0 radical (unpaired) electrons. The maximum absolute atomic E-state index is 13.5. The number of nitrogens with zero attached hydrogens (tertiary/aromatic N) is 1. The number of hydrogen-bond acceptors (Lipinski definition) is 4. The minimum Gasteiger partial charge on any atom is -0.482 e. The molecule has 190 valence electrons. The van der Waals surface area contributed by atoms with Crippen molar-refractivity contribution < 1.29 is 19.1 Å². The van der Waals surface area contributed by atoms with E-state index in [-0.39, 0.29) is 25.0 Å². The first kappa shape index (κ1) is 27.2. The first-order valence-electron chi connectivity index (χ1n) is 12.2. The van der Waals surface area contributed by atoms with E-state index in [1.807, 2.05) is 67.6 Å². The van der Waals surface area contributed by atoms with Gasteiger partial charge in [0.15, 0.2) is 6.61 Å². The fourth-order valence-electron chi connectivity index (χ4n) is 3.77. The van der Waals surface area contributed by atoms with Crippen LogP contribution in [0.5, 0.6) is 5.75 Å². The van der Waals surface area contributed by atoms with Crippen LogP contribution in [0.25, 0.3) is 0 Å². The van der Waals surface area contributed by atoms with Gasteiger partial charge in [-0.2, -0.15) is 0 Å². The summed E-state index contributed by atoms with van der Waals surface area (Å²) in [5.74, 6) is -0.0892. The largest absolute Gasteiger partial charge is 0.482 e. The lowest BCUT2D eigenvalue weighted by atomic mass is 10.0. The van der Waals surface area contributed by atoms with Gasteiger partial charge in [-0.3, -0.25) is 9.59 Å². The van der Waals surface area contributed by atoms with E-state index in [4.69, 9.17) is 21.1 Å². The van der Waals surface area contributed by atoms with Gasteiger partial charge in [-0.05, 0) is 36.6 Å². The van der Waals surface area contributed by atoms with Crippen LogP contribution in [0.4, 0.5) is 0 Å². The number of ether oxygens (including phenoxy) is 2. The number of carbonyl (C=O) groups is 2. The smallest absolute Gasteiger partial charge is 0.261 e. The lowest BCUT2D eigenvalue weighted by molar-refractivity contribution is -0.142. The minimum atomic E-state index is -0.720. The molecule has 0 saturated carbocycles. The van der Waals surface area contributed by atoms with Crippen molar-refractivity contribution in [3.8, 4) is 5.75 Å². The van der Waals surface area contributed by atoms with Crippen LogP contribution in [-0.2, 0) is 27.3 Å². The van der Waals surface area contributed by atoms with Crippen LogP contribution in [0.15, 0.2) is 84.9 Å². The third-order valence-electron chi connectivity index (χ3n) is 5.62. The van der Waals surface area contributed by atoms with E-state index in [2.05, 4.69) is 5.32 Å². The van der Waals surface area contributed by atoms with E-state index in [9.17, 15) is 9.59 Å². The number of hydrogen-bond donors (Lipinski definition) is 1. The Morgan fingerprint density at radius 2 is 1.56 bits per heavy atom. The van der Waals surface area contributed by atoms with Gasteiger partial charge in [-0.1, -0.05) is 84.4 Å². The highest BCUT2D eigenvalue weighted by Crippen LogP contribution is 2.23. The first-order chi connectivity index (χ1) is 17.6. The van der Waals surface area contributed by atoms with Gasteiger partial charge in [0.25, 0.3) is 5.91 Å².